The van der Waals surface area contributed by atoms with Gasteiger partial charge in [-0.1, -0.05) is 60.1 Å². The third kappa shape index (κ3) is 5.68. The van der Waals surface area contributed by atoms with E-state index in [-0.39, 0.29) is 18.6 Å². The second-order valence-corrected chi connectivity index (χ2v) is 9.39. The summed E-state index contributed by atoms with van der Waals surface area (Å²) >= 11 is 6.41. The van der Waals surface area contributed by atoms with Crippen LogP contribution in [0, 0.1) is 5.82 Å². The molecule has 6 nitrogen and oxygen atoms in total. The number of halogens is 2. The molecule has 3 aromatic carbocycles. The molecule has 0 radical (unpaired) electrons. The number of hydrogen-bond donors (Lipinski definition) is 0. The zero-order chi connectivity index (χ0) is 25.8. The van der Waals surface area contributed by atoms with E-state index in [1.807, 2.05) is 30.3 Å². The maximum Gasteiger partial charge on any atom is 0.255 e. The van der Waals surface area contributed by atoms with Crippen molar-refractivity contribution in [1.82, 2.24) is 14.7 Å². The number of carbonyl (C=O) groups is 1. The molecular formula is C29H27ClFN3O3. The molecule has 8 heteroatoms. The molecule has 0 N–H and O–H groups in total. The van der Waals surface area contributed by atoms with Crippen LogP contribution in [0.3, 0.4) is 0 Å². The number of rotatable bonds is 8. The van der Waals surface area contributed by atoms with Crippen molar-refractivity contribution < 1.29 is 18.7 Å². The summed E-state index contributed by atoms with van der Waals surface area (Å²) in [7, 11) is 1.77. The van der Waals surface area contributed by atoms with Gasteiger partial charge in [0.25, 0.3) is 5.91 Å². The maximum absolute atomic E-state index is 13.9. The molecular weight excluding hydrogens is 493 g/mol. The molecule has 1 atom stereocenters. The summed E-state index contributed by atoms with van der Waals surface area (Å²) in [4.78, 5) is 15.5. The van der Waals surface area contributed by atoms with Gasteiger partial charge in [0.15, 0.2) is 0 Å². The fourth-order valence-electron chi connectivity index (χ4n) is 4.54. The van der Waals surface area contributed by atoms with Gasteiger partial charge in [0, 0.05) is 31.8 Å². The van der Waals surface area contributed by atoms with Gasteiger partial charge in [-0.25, -0.2) is 9.07 Å². The first kappa shape index (κ1) is 25.0. The Bertz CT molecular complexity index is 1390. The van der Waals surface area contributed by atoms with Gasteiger partial charge in [0.1, 0.15) is 17.3 Å². The van der Waals surface area contributed by atoms with E-state index in [4.69, 9.17) is 26.2 Å². The van der Waals surface area contributed by atoms with Crippen molar-refractivity contribution in [3.8, 4) is 22.9 Å². The first-order chi connectivity index (χ1) is 18.0. The van der Waals surface area contributed by atoms with Crippen molar-refractivity contribution in [1.29, 1.82) is 0 Å². The molecule has 0 aliphatic carbocycles. The van der Waals surface area contributed by atoms with E-state index >= 15 is 0 Å². The van der Waals surface area contributed by atoms with Gasteiger partial charge in [-0.05, 0) is 37.1 Å². The molecule has 1 aliphatic rings. The largest absolute Gasteiger partial charge is 0.439 e. The highest BCUT2D eigenvalue weighted by Crippen LogP contribution is 2.35. The van der Waals surface area contributed by atoms with Gasteiger partial charge in [-0.3, -0.25) is 4.79 Å². The first-order valence-corrected chi connectivity index (χ1v) is 12.6. The number of hydrogen-bond acceptors (Lipinski definition) is 4. The first-order valence-electron chi connectivity index (χ1n) is 12.2. The highest BCUT2D eigenvalue weighted by molar-refractivity contribution is 6.33. The Hall–Kier alpha value is -3.68. The summed E-state index contributed by atoms with van der Waals surface area (Å²) in [5, 5.41) is 5.12. The fraction of sp³-hybridized carbons (Fsp3) is 0.241. The van der Waals surface area contributed by atoms with Crippen molar-refractivity contribution in [2.75, 3.05) is 13.2 Å². The average Bonchev–Trinajstić information content (AvgIpc) is 3.52. The van der Waals surface area contributed by atoms with E-state index < -0.39 is 5.82 Å². The molecule has 0 unspecified atom stereocenters. The highest BCUT2D eigenvalue weighted by atomic mass is 35.5. The van der Waals surface area contributed by atoms with Crippen LogP contribution in [0.2, 0.25) is 5.02 Å². The lowest BCUT2D eigenvalue weighted by Crippen LogP contribution is -2.37. The lowest BCUT2D eigenvalue weighted by Gasteiger charge is -2.26. The van der Waals surface area contributed by atoms with E-state index in [9.17, 15) is 9.18 Å². The number of aromatic nitrogens is 2. The van der Waals surface area contributed by atoms with Crippen LogP contribution in [0.5, 0.6) is 11.6 Å². The van der Waals surface area contributed by atoms with E-state index in [0.29, 0.717) is 46.6 Å². The summed E-state index contributed by atoms with van der Waals surface area (Å²) < 4.78 is 27.6. The minimum atomic E-state index is -0.404. The zero-order valence-corrected chi connectivity index (χ0v) is 21.2. The lowest BCUT2D eigenvalue weighted by atomic mass is 10.1. The molecule has 4 aromatic rings. The monoisotopic (exact) mass is 519 g/mol. The van der Waals surface area contributed by atoms with Gasteiger partial charge in [-0.2, -0.15) is 5.10 Å². The topological polar surface area (TPSA) is 56.6 Å². The van der Waals surface area contributed by atoms with Crippen molar-refractivity contribution in [3.05, 3.63) is 101 Å². The van der Waals surface area contributed by atoms with Crippen molar-refractivity contribution in [2.24, 2.45) is 7.05 Å². The molecule has 0 bridgehead atoms. The van der Waals surface area contributed by atoms with E-state index in [0.717, 1.165) is 18.4 Å². The van der Waals surface area contributed by atoms with Gasteiger partial charge in [0.2, 0.25) is 5.88 Å². The second kappa shape index (κ2) is 11.2. The van der Waals surface area contributed by atoms with Crippen LogP contribution >= 0.6 is 11.6 Å². The third-order valence-electron chi connectivity index (χ3n) is 6.33. The summed E-state index contributed by atoms with van der Waals surface area (Å²) in [6.45, 7) is 1.27. The molecule has 1 aliphatic heterocycles. The SMILES string of the molecule is Cn1nc(-c2ccccc2)c(CN(C[C@@H]2CCCO2)C(=O)c2ccccc2Cl)c1Oc1cccc(F)c1. The second-order valence-electron chi connectivity index (χ2n) is 8.98. The Balaban J connectivity index is 1.57. The fourth-order valence-corrected chi connectivity index (χ4v) is 4.76. The molecule has 37 heavy (non-hydrogen) atoms. The summed E-state index contributed by atoms with van der Waals surface area (Å²) in [5.41, 5.74) is 2.68. The van der Waals surface area contributed by atoms with Crippen molar-refractivity contribution >= 4 is 17.5 Å². The number of ether oxygens (including phenoxy) is 2. The Morgan fingerprint density at radius 1 is 1.14 bits per heavy atom. The molecule has 1 fully saturated rings. The summed E-state index contributed by atoms with van der Waals surface area (Å²) in [6, 6.07) is 22.7. The van der Waals surface area contributed by atoms with Crippen LogP contribution in [-0.2, 0) is 18.3 Å². The molecule has 0 spiro atoms. The molecule has 1 saturated heterocycles. The highest BCUT2D eigenvalue weighted by Gasteiger charge is 2.29. The van der Waals surface area contributed by atoms with Crippen molar-refractivity contribution in [2.45, 2.75) is 25.5 Å². The minimum Gasteiger partial charge on any atom is -0.439 e. The molecule has 190 valence electrons. The molecule has 2 heterocycles. The van der Waals surface area contributed by atoms with E-state index in [1.54, 1.807) is 53.0 Å². The van der Waals surface area contributed by atoms with Crippen LogP contribution in [0.15, 0.2) is 78.9 Å². The minimum absolute atomic E-state index is 0.0733. The Morgan fingerprint density at radius 2 is 1.92 bits per heavy atom. The van der Waals surface area contributed by atoms with Gasteiger partial charge < -0.3 is 14.4 Å². The Morgan fingerprint density at radius 3 is 2.65 bits per heavy atom. The van der Waals surface area contributed by atoms with Crippen LogP contribution < -0.4 is 4.74 Å². The predicted octanol–water partition coefficient (Wildman–Crippen LogP) is 6.49. The van der Waals surface area contributed by atoms with Gasteiger partial charge in [-0.15, -0.1) is 0 Å². The number of amides is 1. The molecule has 0 saturated carbocycles. The quantitative estimate of drug-likeness (QED) is 0.267. The molecule has 1 amide bonds. The van der Waals surface area contributed by atoms with Crippen molar-refractivity contribution in [3.63, 3.8) is 0 Å². The Kier molecular flexibility index (Phi) is 7.53. The average molecular weight is 520 g/mol. The number of nitrogens with zero attached hydrogens (tertiary/aromatic N) is 3. The third-order valence-corrected chi connectivity index (χ3v) is 6.66. The normalized spacial score (nSPS) is 15.1. The number of benzene rings is 3. The molecule has 1 aromatic heterocycles. The summed E-state index contributed by atoms with van der Waals surface area (Å²) in [5.74, 6) is 0.153. The Labute approximate surface area is 220 Å². The van der Waals surface area contributed by atoms with Crippen LogP contribution in [0.25, 0.3) is 11.3 Å². The van der Waals surface area contributed by atoms with Crippen LogP contribution in [0.1, 0.15) is 28.8 Å². The lowest BCUT2D eigenvalue weighted by molar-refractivity contribution is 0.0506. The maximum atomic E-state index is 13.9. The molecule has 5 rings (SSSR count). The van der Waals surface area contributed by atoms with Gasteiger partial charge >= 0.3 is 0 Å². The van der Waals surface area contributed by atoms with Crippen LogP contribution in [-0.4, -0.2) is 39.8 Å². The number of carbonyl (C=O) groups excluding carboxylic acids is 1. The van der Waals surface area contributed by atoms with E-state index in [1.165, 1.54) is 12.1 Å². The zero-order valence-electron chi connectivity index (χ0n) is 20.4. The summed E-state index contributed by atoms with van der Waals surface area (Å²) in [6.07, 6.45) is 1.75. The number of aryl methyl sites for hydroxylation is 1. The standard InChI is InChI=1S/C29H27ClFN3O3/c1-33-29(37-22-12-7-11-21(31)17-22)25(27(32-33)20-9-3-2-4-10-20)19-34(18-23-13-8-16-36-23)28(35)24-14-5-6-15-26(24)30/h2-7,9-12,14-15,17,23H,8,13,16,18-19H2,1H3/t23-/m0/s1. The van der Waals surface area contributed by atoms with Crippen LogP contribution in [0.4, 0.5) is 4.39 Å². The smallest absolute Gasteiger partial charge is 0.255 e. The van der Waals surface area contributed by atoms with E-state index in [2.05, 4.69) is 0 Å². The predicted molar refractivity (Wildman–Crippen MR) is 140 cm³/mol. The van der Waals surface area contributed by atoms with Gasteiger partial charge in [0.05, 0.1) is 28.8 Å².